The molecule has 8 heteroatoms. The van der Waals surface area contributed by atoms with Crippen LogP contribution in [-0.2, 0) is 10.0 Å². The number of carboxylic acid groups (broad SMARTS) is 1. The summed E-state index contributed by atoms with van der Waals surface area (Å²) in [6.45, 7) is 0.312. The maximum atomic E-state index is 13.3. The van der Waals surface area contributed by atoms with Gasteiger partial charge in [0.1, 0.15) is 5.82 Å². The molecule has 0 bridgehead atoms. The van der Waals surface area contributed by atoms with Gasteiger partial charge in [-0.1, -0.05) is 0 Å². The van der Waals surface area contributed by atoms with Gasteiger partial charge in [0, 0.05) is 13.1 Å². The third-order valence-corrected chi connectivity index (χ3v) is 5.12. The van der Waals surface area contributed by atoms with Gasteiger partial charge < -0.3 is 10.2 Å². The number of hydrogen-bond donors (Lipinski definition) is 2. The van der Waals surface area contributed by atoms with Crippen LogP contribution >= 0.6 is 0 Å². The van der Waals surface area contributed by atoms with E-state index in [1.165, 1.54) is 4.31 Å². The molecule has 2 rings (SSSR count). The SMILES string of the molecule is O=C(O)c1cc(S(=O)(=O)N2CCC(O)CC2)ccc1F. The van der Waals surface area contributed by atoms with E-state index in [0.29, 0.717) is 12.8 Å². The van der Waals surface area contributed by atoms with Crippen molar-refractivity contribution in [2.24, 2.45) is 0 Å². The number of sulfonamides is 1. The Balaban J connectivity index is 2.35. The van der Waals surface area contributed by atoms with E-state index in [2.05, 4.69) is 0 Å². The highest BCUT2D eigenvalue weighted by Gasteiger charge is 2.29. The fourth-order valence-electron chi connectivity index (χ4n) is 2.06. The molecular weight excluding hydrogens is 289 g/mol. The van der Waals surface area contributed by atoms with E-state index in [1.54, 1.807) is 0 Å². The zero-order valence-corrected chi connectivity index (χ0v) is 11.3. The Hall–Kier alpha value is -1.51. The van der Waals surface area contributed by atoms with E-state index in [-0.39, 0.29) is 18.0 Å². The second-order valence-corrected chi connectivity index (χ2v) is 6.52. The second kappa shape index (κ2) is 5.47. The Morgan fingerprint density at radius 1 is 1.30 bits per heavy atom. The van der Waals surface area contributed by atoms with Crippen LogP contribution in [0.4, 0.5) is 4.39 Å². The predicted molar refractivity (Wildman–Crippen MR) is 67.4 cm³/mol. The molecule has 1 saturated heterocycles. The van der Waals surface area contributed by atoms with E-state index in [4.69, 9.17) is 5.11 Å². The Morgan fingerprint density at radius 3 is 2.45 bits per heavy atom. The lowest BCUT2D eigenvalue weighted by molar-refractivity contribution is 0.0691. The van der Waals surface area contributed by atoms with Crippen molar-refractivity contribution in [3.63, 3.8) is 0 Å². The van der Waals surface area contributed by atoms with Crippen molar-refractivity contribution in [1.82, 2.24) is 4.31 Å². The minimum atomic E-state index is -3.87. The number of piperidine rings is 1. The van der Waals surface area contributed by atoms with Crippen LogP contribution in [0.1, 0.15) is 23.2 Å². The number of hydrogen-bond acceptors (Lipinski definition) is 4. The largest absolute Gasteiger partial charge is 0.478 e. The third-order valence-electron chi connectivity index (χ3n) is 3.23. The van der Waals surface area contributed by atoms with Crippen molar-refractivity contribution in [2.75, 3.05) is 13.1 Å². The molecule has 1 aromatic rings. The van der Waals surface area contributed by atoms with Gasteiger partial charge in [0.25, 0.3) is 0 Å². The molecule has 0 amide bonds. The van der Waals surface area contributed by atoms with E-state index in [1.807, 2.05) is 0 Å². The molecule has 0 aliphatic carbocycles. The molecular formula is C12H14FNO5S. The lowest BCUT2D eigenvalue weighted by Crippen LogP contribution is -2.40. The molecule has 2 N–H and O–H groups in total. The van der Waals surface area contributed by atoms with Crippen LogP contribution in [0.25, 0.3) is 0 Å². The molecule has 1 fully saturated rings. The topological polar surface area (TPSA) is 94.9 Å². The maximum absolute atomic E-state index is 13.3. The summed E-state index contributed by atoms with van der Waals surface area (Å²) in [5.41, 5.74) is -0.678. The number of aliphatic hydroxyl groups excluding tert-OH is 1. The summed E-state index contributed by atoms with van der Waals surface area (Å²) in [4.78, 5) is 10.6. The number of aromatic carboxylic acids is 1. The molecule has 0 spiro atoms. The summed E-state index contributed by atoms with van der Waals surface area (Å²) in [6, 6.07) is 2.69. The van der Waals surface area contributed by atoms with Gasteiger partial charge in [-0.25, -0.2) is 17.6 Å². The fraction of sp³-hybridized carbons (Fsp3) is 0.417. The van der Waals surface area contributed by atoms with Crippen LogP contribution in [0, 0.1) is 5.82 Å². The average Bonchev–Trinajstić information content (AvgIpc) is 2.39. The molecule has 1 aromatic carbocycles. The van der Waals surface area contributed by atoms with E-state index >= 15 is 0 Å². The lowest BCUT2D eigenvalue weighted by Gasteiger charge is -2.28. The highest BCUT2D eigenvalue weighted by Crippen LogP contribution is 2.22. The van der Waals surface area contributed by atoms with Gasteiger partial charge >= 0.3 is 5.97 Å². The summed E-state index contributed by atoms with van der Waals surface area (Å²) in [5, 5.41) is 18.2. The molecule has 6 nitrogen and oxygen atoms in total. The first-order chi connectivity index (χ1) is 9.32. The van der Waals surface area contributed by atoms with Crippen LogP contribution < -0.4 is 0 Å². The van der Waals surface area contributed by atoms with Gasteiger partial charge in [0.05, 0.1) is 16.6 Å². The van der Waals surface area contributed by atoms with Crippen molar-refractivity contribution < 1.29 is 27.8 Å². The van der Waals surface area contributed by atoms with Crippen molar-refractivity contribution in [3.8, 4) is 0 Å². The number of carboxylic acids is 1. The van der Waals surface area contributed by atoms with E-state index < -0.39 is 33.5 Å². The highest BCUT2D eigenvalue weighted by molar-refractivity contribution is 7.89. The standard InChI is InChI=1S/C12H14FNO5S/c13-11-2-1-9(7-10(11)12(16)17)20(18,19)14-5-3-8(15)4-6-14/h1-2,7-8,15H,3-6H2,(H,16,17). The minimum absolute atomic E-state index is 0.156. The molecule has 0 unspecified atom stereocenters. The van der Waals surface area contributed by atoms with Gasteiger partial charge in [-0.3, -0.25) is 0 Å². The predicted octanol–water partition coefficient (Wildman–Crippen LogP) is 0.669. The molecule has 1 heterocycles. The number of aliphatic hydroxyl groups is 1. The number of carbonyl (C=O) groups is 1. The van der Waals surface area contributed by atoms with Crippen molar-refractivity contribution in [2.45, 2.75) is 23.8 Å². The van der Waals surface area contributed by atoms with Gasteiger partial charge in [-0.2, -0.15) is 4.31 Å². The van der Waals surface area contributed by atoms with Crippen LogP contribution in [0.5, 0.6) is 0 Å². The van der Waals surface area contributed by atoms with Crippen molar-refractivity contribution >= 4 is 16.0 Å². The van der Waals surface area contributed by atoms with Gasteiger partial charge in [0.2, 0.25) is 10.0 Å². The quantitative estimate of drug-likeness (QED) is 0.856. The van der Waals surface area contributed by atoms with Crippen molar-refractivity contribution in [1.29, 1.82) is 0 Å². The summed E-state index contributed by atoms with van der Waals surface area (Å²) in [6.07, 6.45) is 0.127. The van der Waals surface area contributed by atoms with Gasteiger partial charge in [-0.05, 0) is 31.0 Å². The molecule has 0 radical (unpaired) electrons. The molecule has 110 valence electrons. The molecule has 1 aliphatic rings. The number of rotatable bonds is 3. The number of nitrogens with zero attached hydrogens (tertiary/aromatic N) is 1. The van der Waals surface area contributed by atoms with E-state index in [0.717, 1.165) is 18.2 Å². The van der Waals surface area contributed by atoms with Crippen LogP contribution in [0.15, 0.2) is 23.1 Å². The van der Waals surface area contributed by atoms with Gasteiger partial charge in [0.15, 0.2) is 0 Å². The Morgan fingerprint density at radius 2 is 1.90 bits per heavy atom. The maximum Gasteiger partial charge on any atom is 0.338 e. The summed E-state index contributed by atoms with van der Waals surface area (Å²) >= 11 is 0. The molecule has 0 saturated carbocycles. The molecule has 20 heavy (non-hydrogen) atoms. The van der Waals surface area contributed by atoms with Crippen LogP contribution in [0.2, 0.25) is 0 Å². The average molecular weight is 303 g/mol. The minimum Gasteiger partial charge on any atom is -0.478 e. The van der Waals surface area contributed by atoms with Gasteiger partial charge in [-0.15, -0.1) is 0 Å². The Kier molecular flexibility index (Phi) is 4.07. The normalized spacial score (nSPS) is 18.1. The molecule has 1 aliphatic heterocycles. The van der Waals surface area contributed by atoms with Crippen LogP contribution in [0.3, 0.4) is 0 Å². The highest BCUT2D eigenvalue weighted by atomic mass is 32.2. The lowest BCUT2D eigenvalue weighted by atomic mass is 10.1. The Bertz CT molecular complexity index is 623. The smallest absolute Gasteiger partial charge is 0.338 e. The summed E-state index contributed by atoms with van der Waals surface area (Å²) in [5.74, 6) is -2.50. The molecule has 0 atom stereocenters. The Labute approximate surface area is 115 Å². The fourth-order valence-corrected chi connectivity index (χ4v) is 3.56. The van der Waals surface area contributed by atoms with E-state index in [9.17, 15) is 22.7 Å². The zero-order chi connectivity index (χ0) is 14.9. The second-order valence-electron chi connectivity index (χ2n) is 4.58. The van der Waals surface area contributed by atoms with Crippen LogP contribution in [-0.4, -0.2) is 48.1 Å². The first-order valence-electron chi connectivity index (χ1n) is 6.03. The first kappa shape index (κ1) is 14.9. The summed E-state index contributed by atoms with van der Waals surface area (Å²) < 4.78 is 39.1. The third kappa shape index (κ3) is 2.82. The molecule has 0 aromatic heterocycles. The first-order valence-corrected chi connectivity index (χ1v) is 7.47. The zero-order valence-electron chi connectivity index (χ0n) is 10.5. The summed E-state index contributed by atoms with van der Waals surface area (Å²) in [7, 11) is -3.87. The number of halogens is 1. The number of benzene rings is 1. The monoisotopic (exact) mass is 303 g/mol. The van der Waals surface area contributed by atoms with Crippen molar-refractivity contribution in [3.05, 3.63) is 29.6 Å².